The van der Waals surface area contributed by atoms with Gasteiger partial charge in [0, 0.05) is 6.54 Å². The number of hydrogen-bond acceptors (Lipinski definition) is 7. The average molecular weight is 376 g/mol. The molecule has 3 atom stereocenters. The number of rotatable bonds is 12. The van der Waals surface area contributed by atoms with Crippen LogP contribution in [-0.4, -0.2) is 76.3 Å². The smallest absolute Gasteiger partial charge is 0.328 e. The van der Waals surface area contributed by atoms with Crippen LogP contribution >= 0.6 is 0 Å². The Morgan fingerprint density at radius 2 is 1.58 bits per heavy atom. The molecule has 0 aromatic heterocycles. The van der Waals surface area contributed by atoms with Gasteiger partial charge in [0.1, 0.15) is 12.1 Å². The highest BCUT2D eigenvalue weighted by Crippen LogP contribution is 2.00. The first kappa shape index (κ1) is 23.1. The van der Waals surface area contributed by atoms with Gasteiger partial charge in [-0.2, -0.15) is 0 Å². The Morgan fingerprint density at radius 1 is 1.00 bits per heavy atom. The topological polar surface area (TPSA) is 243 Å². The maximum absolute atomic E-state index is 12.0. The van der Waals surface area contributed by atoms with Gasteiger partial charge in [0.2, 0.25) is 11.8 Å². The summed E-state index contributed by atoms with van der Waals surface area (Å²) in [7, 11) is 0. The standard InChI is InChI=1S/C13H24N6O7/c14-6(2-1-3-17-13(15)16)10(23)18-7(4-9(21)22)11(24)19-8(5-20)12(25)26/h6-8,20H,1-5,14H2,(H,18,23)(H,19,24)(H,21,22)(H,25,26)(H4,15,16,17)/t6-,7-,8-/m0/s1. The summed E-state index contributed by atoms with van der Waals surface area (Å²) < 4.78 is 0. The monoisotopic (exact) mass is 376 g/mol. The molecular weight excluding hydrogens is 352 g/mol. The number of nitrogens with one attached hydrogen (secondary N) is 2. The van der Waals surface area contributed by atoms with E-state index >= 15 is 0 Å². The Morgan fingerprint density at radius 3 is 2.04 bits per heavy atom. The molecule has 13 nitrogen and oxygen atoms in total. The van der Waals surface area contributed by atoms with Crippen molar-refractivity contribution in [2.45, 2.75) is 37.4 Å². The van der Waals surface area contributed by atoms with Crippen LogP contribution in [-0.2, 0) is 19.2 Å². The molecule has 0 fully saturated rings. The quantitative estimate of drug-likeness (QED) is 0.0928. The number of carboxylic acid groups (broad SMARTS) is 2. The molecule has 2 amide bonds. The third-order valence-corrected chi connectivity index (χ3v) is 3.11. The highest BCUT2D eigenvalue weighted by atomic mass is 16.4. The number of aliphatic imine (C=N–C) groups is 1. The normalized spacial score (nSPS) is 13.8. The molecule has 11 N–H and O–H groups in total. The minimum atomic E-state index is -1.64. The first-order valence-corrected chi connectivity index (χ1v) is 7.55. The molecule has 0 aliphatic rings. The molecule has 0 aliphatic heterocycles. The minimum absolute atomic E-state index is 0.113. The molecule has 0 aromatic carbocycles. The summed E-state index contributed by atoms with van der Waals surface area (Å²) in [6, 6.07) is -4.25. The van der Waals surface area contributed by atoms with Crippen LogP contribution in [0.3, 0.4) is 0 Å². The lowest BCUT2D eigenvalue weighted by Crippen LogP contribution is -2.55. The Hall–Kier alpha value is -2.93. The van der Waals surface area contributed by atoms with Crippen LogP contribution in [0.2, 0.25) is 0 Å². The first-order chi connectivity index (χ1) is 12.1. The van der Waals surface area contributed by atoms with E-state index in [-0.39, 0.29) is 18.9 Å². The summed E-state index contributed by atoms with van der Waals surface area (Å²) in [5.41, 5.74) is 15.9. The Kier molecular flexibility index (Phi) is 10.3. The number of carboxylic acids is 2. The lowest BCUT2D eigenvalue weighted by molar-refractivity contribution is -0.144. The molecule has 148 valence electrons. The van der Waals surface area contributed by atoms with Gasteiger partial charge < -0.3 is 43.2 Å². The number of aliphatic hydroxyl groups is 1. The number of amides is 2. The molecule has 0 rings (SSSR count). The van der Waals surface area contributed by atoms with Gasteiger partial charge in [-0.05, 0) is 12.8 Å². The van der Waals surface area contributed by atoms with Gasteiger partial charge in [0.05, 0.1) is 19.1 Å². The molecule has 0 radical (unpaired) electrons. The van der Waals surface area contributed by atoms with Crippen molar-refractivity contribution < 1.29 is 34.5 Å². The van der Waals surface area contributed by atoms with Crippen molar-refractivity contribution in [1.29, 1.82) is 0 Å². The van der Waals surface area contributed by atoms with E-state index in [0.717, 1.165) is 0 Å². The molecule has 0 bridgehead atoms. The minimum Gasteiger partial charge on any atom is -0.481 e. The first-order valence-electron chi connectivity index (χ1n) is 7.55. The van der Waals surface area contributed by atoms with Crippen LogP contribution in [0.15, 0.2) is 4.99 Å². The molecule has 0 unspecified atom stereocenters. The predicted octanol–water partition coefficient (Wildman–Crippen LogP) is -4.11. The van der Waals surface area contributed by atoms with Crippen molar-refractivity contribution in [2.24, 2.45) is 22.2 Å². The number of aliphatic carboxylic acids is 2. The fourth-order valence-corrected chi connectivity index (χ4v) is 1.77. The summed E-state index contributed by atoms with van der Waals surface area (Å²) >= 11 is 0. The van der Waals surface area contributed by atoms with Crippen LogP contribution in [0.25, 0.3) is 0 Å². The average Bonchev–Trinajstić information content (AvgIpc) is 2.54. The van der Waals surface area contributed by atoms with E-state index in [9.17, 15) is 19.2 Å². The second kappa shape index (κ2) is 11.6. The lowest BCUT2D eigenvalue weighted by Gasteiger charge is -2.21. The second-order valence-electron chi connectivity index (χ2n) is 5.30. The number of nitrogens with zero attached hydrogens (tertiary/aromatic N) is 1. The maximum atomic E-state index is 12.0. The predicted molar refractivity (Wildman–Crippen MR) is 88.7 cm³/mol. The maximum Gasteiger partial charge on any atom is 0.328 e. The summed E-state index contributed by atoms with van der Waals surface area (Å²) in [4.78, 5) is 49.4. The number of carbonyl (C=O) groups excluding carboxylic acids is 2. The zero-order chi connectivity index (χ0) is 20.3. The summed E-state index contributed by atoms with van der Waals surface area (Å²) in [6.45, 7) is -0.668. The third-order valence-electron chi connectivity index (χ3n) is 3.11. The Labute approximate surface area is 148 Å². The van der Waals surface area contributed by atoms with Crippen LogP contribution in [0.1, 0.15) is 19.3 Å². The molecule has 0 spiro atoms. The van der Waals surface area contributed by atoms with Gasteiger partial charge in [0.15, 0.2) is 5.96 Å². The molecule has 0 saturated heterocycles. The third kappa shape index (κ3) is 9.39. The van der Waals surface area contributed by atoms with E-state index in [0.29, 0.717) is 6.42 Å². The molecule has 0 heterocycles. The van der Waals surface area contributed by atoms with E-state index in [4.69, 9.17) is 32.5 Å². The number of aliphatic hydroxyl groups excluding tert-OH is 1. The van der Waals surface area contributed by atoms with Crippen LogP contribution in [0.5, 0.6) is 0 Å². The van der Waals surface area contributed by atoms with E-state index in [2.05, 4.69) is 10.3 Å². The van der Waals surface area contributed by atoms with E-state index < -0.39 is 54.9 Å². The number of carbonyl (C=O) groups is 4. The molecule has 0 aliphatic carbocycles. The second-order valence-corrected chi connectivity index (χ2v) is 5.30. The van der Waals surface area contributed by atoms with E-state index in [1.807, 2.05) is 5.32 Å². The molecule has 0 saturated carbocycles. The lowest BCUT2D eigenvalue weighted by atomic mass is 10.1. The fourth-order valence-electron chi connectivity index (χ4n) is 1.77. The highest BCUT2D eigenvalue weighted by Gasteiger charge is 2.29. The molecule has 26 heavy (non-hydrogen) atoms. The number of hydrogen-bond donors (Lipinski definition) is 8. The van der Waals surface area contributed by atoms with Crippen molar-refractivity contribution >= 4 is 29.7 Å². The van der Waals surface area contributed by atoms with Crippen LogP contribution in [0.4, 0.5) is 0 Å². The van der Waals surface area contributed by atoms with Crippen LogP contribution < -0.4 is 27.8 Å². The molecule has 13 heteroatoms. The van der Waals surface area contributed by atoms with Crippen molar-refractivity contribution in [3.05, 3.63) is 0 Å². The number of nitrogens with two attached hydrogens (primary N) is 3. The molecule has 0 aromatic rings. The summed E-state index contributed by atoms with van der Waals surface area (Å²) in [6.07, 6.45) is -0.262. The number of guanidine groups is 1. The van der Waals surface area contributed by atoms with Gasteiger partial charge in [-0.25, -0.2) is 4.79 Å². The van der Waals surface area contributed by atoms with E-state index in [1.165, 1.54) is 0 Å². The van der Waals surface area contributed by atoms with Gasteiger partial charge >= 0.3 is 11.9 Å². The van der Waals surface area contributed by atoms with Crippen molar-refractivity contribution in [1.82, 2.24) is 10.6 Å². The van der Waals surface area contributed by atoms with Crippen LogP contribution in [0, 0.1) is 0 Å². The summed E-state index contributed by atoms with van der Waals surface area (Å²) in [5, 5.41) is 30.6. The van der Waals surface area contributed by atoms with Gasteiger partial charge in [-0.15, -0.1) is 0 Å². The van der Waals surface area contributed by atoms with E-state index in [1.54, 1.807) is 0 Å². The van der Waals surface area contributed by atoms with Gasteiger partial charge in [0.25, 0.3) is 0 Å². The van der Waals surface area contributed by atoms with Crippen molar-refractivity contribution in [3.8, 4) is 0 Å². The zero-order valence-electron chi connectivity index (χ0n) is 13.9. The Balaban J connectivity index is 4.79. The van der Waals surface area contributed by atoms with Crippen molar-refractivity contribution in [2.75, 3.05) is 13.2 Å². The Bertz CT molecular complexity index is 549. The highest BCUT2D eigenvalue weighted by molar-refractivity contribution is 5.93. The van der Waals surface area contributed by atoms with Gasteiger partial charge in [-0.3, -0.25) is 19.4 Å². The largest absolute Gasteiger partial charge is 0.481 e. The fraction of sp³-hybridized carbons (Fsp3) is 0.615. The SMILES string of the molecule is NC(N)=NCCC[C@H](N)C(=O)N[C@@H](CC(=O)O)C(=O)N[C@@H](CO)C(=O)O. The zero-order valence-corrected chi connectivity index (χ0v) is 13.9. The van der Waals surface area contributed by atoms with Crippen molar-refractivity contribution in [3.63, 3.8) is 0 Å². The molecular formula is C13H24N6O7. The van der Waals surface area contributed by atoms with Gasteiger partial charge in [-0.1, -0.05) is 0 Å². The summed E-state index contributed by atoms with van der Waals surface area (Å²) in [5.74, 6) is -4.90.